The summed E-state index contributed by atoms with van der Waals surface area (Å²) in [4.78, 5) is 14.3. The predicted octanol–water partition coefficient (Wildman–Crippen LogP) is 2.67. The van der Waals surface area contributed by atoms with Gasteiger partial charge < -0.3 is 9.64 Å². The van der Waals surface area contributed by atoms with Crippen molar-refractivity contribution in [3.63, 3.8) is 0 Å². The molecule has 0 bridgehead atoms. The summed E-state index contributed by atoms with van der Waals surface area (Å²) in [6.45, 7) is 3.57. The van der Waals surface area contributed by atoms with Crippen LogP contribution in [0.2, 0.25) is 0 Å². The smallest absolute Gasteiger partial charge is 0.311 e. The highest BCUT2D eigenvalue weighted by Crippen LogP contribution is 2.53. The molecule has 4 rings (SSSR count). The van der Waals surface area contributed by atoms with Crippen LogP contribution in [-0.2, 0) is 22.0 Å². The van der Waals surface area contributed by atoms with Gasteiger partial charge in [-0.3, -0.25) is 9.36 Å². The van der Waals surface area contributed by atoms with E-state index in [0.29, 0.717) is 0 Å². The number of hydrogen-bond acceptors (Lipinski definition) is 5. The Hall–Kier alpha value is -2.37. The van der Waals surface area contributed by atoms with Crippen molar-refractivity contribution in [2.24, 2.45) is 12.5 Å². The molecule has 1 aromatic heterocycles. The molecule has 2 heterocycles. The Kier molecular flexibility index (Phi) is 4.01. The van der Waals surface area contributed by atoms with Gasteiger partial charge in [0.15, 0.2) is 0 Å². The number of methoxy groups -OCH3 is 1. The summed E-state index contributed by atoms with van der Waals surface area (Å²) in [7, 11) is 3.52. The van der Waals surface area contributed by atoms with Crippen LogP contribution in [0.25, 0.3) is 0 Å². The van der Waals surface area contributed by atoms with Gasteiger partial charge in [0, 0.05) is 20.1 Å². The fourth-order valence-corrected chi connectivity index (χ4v) is 4.19. The van der Waals surface area contributed by atoms with Gasteiger partial charge >= 0.3 is 5.97 Å². The van der Waals surface area contributed by atoms with Crippen molar-refractivity contribution < 1.29 is 9.53 Å². The molecular weight excluding hydrogens is 328 g/mol. The zero-order chi connectivity index (χ0) is 18.4. The van der Waals surface area contributed by atoms with Gasteiger partial charge in [0.05, 0.1) is 17.9 Å². The number of piperidine rings is 1. The van der Waals surface area contributed by atoms with Gasteiger partial charge in [-0.05, 0) is 38.2 Å². The van der Waals surface area contributed by atoms with E-state index in [9.17, 15) is 4.79 Å². The third kappa shape index (κ3) is 2.59. The first kappa shape index (κ1) is 17.1. The van der Waals surface area contributed by atoms with Gasteiger partial charge in [-0.15, -0.1) is 10.2 Å². The Morgan fingerprint density at radius 3 is 2.31 bits per heavy atom. The summed E-state index contributed by atoms with van der Waals surface area (Å²) in [5.74, 6) is 1.82. The second-order valence-corrected chi connectivity index (χ2v) is 7.87. The van der Waals surface area contributed by atoms with Gasteiger partial charge in [0.25, 0.3) is 0 Å². The molecule has 1 aliphatic heterocycles. The van der Waals surface area contributed by atoms with E-state index in [2.05, 4.69) is 51.0 Å². The molecule has 1 aromatic carbocycles. The van der Waals surface area contributed by atoms with Crippen molar-refractivity contribution in [3.8, 4) is 0 Å². The molecule has 1 saturated carbocycles. The molecule has 0 radical (unpaired) electrons. The zero-order valence-electron chi connectivity index (χ0n) is 15.7. The summed E-state index contributed by atoms with van der Waals surface area (Å²) in [5, 5.41) is 9.08. The van der Waals surface area contributed by atoms with Crippen LogP contribution in [0.5, 0.6) is 0 Å². The number of aromatic nitrogens is 3. The highest BCUT2D eigenvalue weighted by atomic mass is 16.5. The van der Waals surface area contributed by atoms with Crippen LogP contribution in [-0.4, -0.2) is 40.9 Å². The average molecular weight is 354 g/mol. The highest BCUT2D eigenvalue weighted by Gasteiger charge is 2.50. The summed E-state index contributed by atoms with van der Waals surface area (Å²) >= 11 is 0. The van der Waals surface area contributed by atoms with Crippen LogP contribution in [0.1, 0.15) is 44.0 Å². The van der Waals surface area contributed by atoms with Crippen molar-refractivity contribution in [2.75, 3.05) is 25.1 Å². The number of carbonyl (C=O) groups excluding carboxylic acids is 1. The van der Waals surface area contributed by atoms with Gasteiger partial charge in [0.2, 0.25) is 5.95 Å². The molecule has 0 amide bonds. The number of carbonyl (C=O) groups is 1. The van der Waals surface area contributed by atoms with E-state index < -0.39 is 5.41 Å². The number of nitrogens with zero attached hydrogens (tertiary/aromatic N) is 4. The highest BCUT2D eigenvalue weighted by molar-refractivity contribution is 5.76. The molecule has 2 fully saturated rings. The summed E-state index contributed by atoms with van der Waals surface area (Å²) in [5.41, 5.74) is 0.936. The predicted molar refractivity (Wildman–Crippen MR) is 99.0 cm³/mol. The first-order valence-electron chi connectivity index (χ1n) is 9.29. The van der Waals surface area contributed by atoms with Crippen molar-refractivity contribution in [3.05, 3.63) is 41.7 Å². The fraction of sp³-hybridized carbons (Fsp3) is 0.550. The third-order valence-electron chi connectivity index (χ3n) is 6.18. The minimum atomic E-state index is -0.394. The average Bonchev–Trinajstić information content (AvgIpc) is 3.39. The normalized spacial score (nSPS) is 20.7. The van der Waals surface area contributed by atoms with Crippen molar-refractivity contribution in [1.29, 1.82) is 0 Å². The molecule has 0 N–H and O–H groups in total. The lowest BCUT2D eigenvalue weighted by Crippen LogP contribution is -2.44. The topological polar surface area (TPSA) is 60.2 Å². The van der Waals surface area contributed by atoms with Gasteiger partial charge in [-0.1, -0.05) is 30.3 Å². The molecule has 6 heteroatoms. The Labute approximate surface area is 154 Å². The minimum Gasteiger partial charge on any atom is -0.469 e. The van der Waals surface area contributed by atoms with Crippen molar-refractivity contribution in [1.82, 2.24) is 14.8 Å². The number of anilines is 1. The third-order valence-corrected chi connectivity index (χ3v) is 6.18. The lowest BCUT2D eigenvalue weighted by atomic mass is 9.80. The van der Waals surface area contributed by atoms with Crippen LogP contribution in [0.4, 0.5) is 5.95 Å². The van der Waals surface area contributed by atoms with E-state index in [1.165, 1.54) is 12.7 Å². The first-order valence-corrected chi connectivity index (χ1v) is 9.29. The van der Waals surface area contributed by atoms with E-state index >= 15 is 0 Å². The maximum atomic E-state index is 12.0. The number of rotatable bonds is 4. The number of benzene rings is 1. The maximum absolute atomic E-state index is 12.0. The fourth-order valence-electron chi connectivity index (χ4n) is 4.19. The molecule has 6 nitrogen and oxygen atoms in total. The van der Waals surface area contributed by atoms with Crippen LogP contribution in [0, 0.1) is 5.41 Å². The second kappa shape index (κ2) is 6.11. The van der Waals surface area contributed by atoms with Crippen molar-refractivity contribution in [2.45, 2.75) is 38.0 Å². The van der Waals surface area contributed by atoms with Gasteiger partial charge in [-0.2, -0.15) is 0 Å². The maximum Gasteiger partial charge on any atom is 0.311 e. The number of hydrogen-bond donors (Lipinski definition) is 0. The minimum absolute atomic E-state index is 0.0115. The Morgan fingerprint density at radius 2 is 1.73 bits per heavy atom. The molecule has 1 saturated heterocycles. The summed E-state index contributed by atoms with van der Waals surface area (Å²) in [6, 6.07) is 10.6. The van der Waals surface area contributed by atoms with E-state index in [0.717, 1.165) is 50.5 Å². The van der Waals surface area contributed by atoms with Crippen LogP contribution in [0.15, 0.2) is 30.3 Å². The molecule has 0 spiro atoms. The lowest BCUT2D eigenvalue weighted by molar-refractivity contribution is -0.152. The molecule has 2 aliphatic rings. The molecular formula is C20H26N4O2. The van der Waals surface area contributed by atoms with E-state index in [1.54, 1.807) is 0 Å². The van der Waals surface area contributed by atoms with Crippen LogP contribution >= 0.6 is 0 Å². The summed E-state index contributed by atoms with van der Waals surface area (Å²) in [6.07, 6.45) is 3.77. The Morgan fingerprint density at radius 1 is 1.08 bits per heavy atom. The van der Waals surface area contributed by atoms with Crippen LogP contribution in [0.3, 0.4) is 0 Å². The SMILES string of the molecule is COC(=O)C1(C)CCN(c2nnc(C3(c4ccccc4)CC3)n2C)CC1. The molecule has 0 unspecified atom stereocenters. The van der Waals surface area contributed by atoms with E-state index in [-0.39, 0.29) is 11.4 Å². The standard InChI is InChI=1S/C20H26N4O2/c1-19(17(25)26-3)11-13-24(14-12-19)18-22-21-16(23(18)2)20(9-10-20)15-7-5-4-6-8-15/h4-8H,9-14H2,1-3H3. The Bertz CT molecular complexity index is 802. The number of esters is 1. The largest absolute Gasteiger partial charge is 0.469 e. The van der Waals surface area contributed by atoms with Gasteiger partial charge in [-0.25, -0.2) is 0 Å². The molecule has 0 atom stereocenters. The zero-order valence-corrected chi connectivity index (χ0v) is 15.7. The summed E-state index contributed by atoms with van der Waals surface area (Å²) < 4.78 is 7.11. The quantitative estimate of drug-likeness (QED) is 0.790. The molecule has 1 aliphatic carbocycles. The van der Waals surface area contributed by atoms with Gasteiger partial charge in [0.1, 0.15) is 5.82 Å². The second-order valence-electron chi connectivity index (χ2n) is 7.87. The van der Waals surface area contributed by atoms with E-state index in [4.69, 9.17) is 4.74 Å². The van der Waals surface area contributed by atoms with Crippen LogP contribution < -0.4 is 4.90 Å². The Balaban J connectivity index is 1.55. The molecule has 2 aromatic rings. The first-order chi connectivity index (χ1) is 12.5. The number of ether oxygens (including phenoxy) is 1. The van der Waals surface area contributed by atoms with E-state index in [1.807, 2.05) is 13.0 Å². The molecule has 26 heavy (non-hydrogen) atoms. The molecule has 138 valence electrons. The van der Waals surface area contributed by atoms with Crippen molar-refractivity contribution >= 4 is 11.9 Å². The lowest BCUT2D eigenvalue weighted by Gasteiger charge is -2.37. The monoisotopic (exact) mass is 354 g/mol.